The van der Waals surface area contributed by atoms with Gasteiger partial charge in [0, 0.05) is 12.3 Å². The highest BCUT2D eigenvalue weighted by Crippen LogP contribution is 2.48. The minimum Gasteiger partial charge on any atom is -0.480 e. The van der Waals surface area contributed by atoms with Crippen molar-refractivity contribution in [1.82, 2.24) is 5.32 Å². The van der Waals surface area contributed by atoms with Crippen LogP contribution in [-0.4, -0.2) is 29.5 Å². The van der Waals surface area contributed by atoms with E-state index >= 15 is 0 Å². The van der Waals surface area contributed by atoms with Gasteiger partial charge in [0.2, 0.25) is 12.3 Å². The number of rotatable bonds is 6. The lowest BCUT2D eigenvalue weighted by atomic mass is 10.0. The van der Waals surface area contributed by atoms with Crippen molar-refractivity contribution in [1.29, 1.82) is 0 Å². The van der Waals surface area contributed by atoms with Crippen molar-refractivity contribution in [3.63, 3.8) is 0 Å². The summed E-state index contributed by atoms with van der Waals surface area (Å²) in [5, 5.41) is 11.1. The SMILES string of the molecule is Cc1ccccc1C1CC1C(=O)NC(CC(F)F)C(=O)O. The van der Waals surface area contributed by atoms with Gasteiger partial charge in [0.15, 0.2) is 0 Å². The number of carboxylic acid groups (broad SMARTS) is 1. The number of aryl methyl sites for hydroxylation is 1. The Morgan fingerprint density at radius 1 is 1.38 bits per heavy atom. The van der Waals surface area contributed by atoms with Gasteiger partial charge in [-0.25, -0.2) is 13.6 Å². The van der Waals surface area contributed by atoms with E-state index < -0.39 is 30.8 Å². The Balaban J connectivity index is 1.96. The molecule has 6 heteroatoms. The second-order valence-corrected chi connectivity index (χ2v) is 5.33. The highest BCUT2D eigenvalue weighted by molar-refractivity contribution is 5.87. The summed E-state index contributed by atoms with van der Waals surface area (Å²) in [6.45, 7) is 1.94. The van der Waals surface area contributed by atoms with E-state index in [9.17, 15) is 18.4 Å². The molecule has 1 amide bonds. The maximum absolute atomic E-state index is 12.3. The van der Waals surface area contributed by atoms with Crippen molar-refractivity contribution < 1.29 is 23.5 Å². The molecule has 0 radical (unpaired) electrons. The van der Waals surface area contributed by atoms with Gasteiger partial charge in [-0.2, -0.15) is 0 Å². The molecule has 4 nitrogen and oxygen atoms in total. The molecule has 0 heterocycles. The molecule has 1 aliphatic carbocycles. The fraction of sp³-hybridized carbons (Fsp3) is 0.467. The van der Waals surface area contributed by atoms with Crippen molar-refractivity contribution in [3.05, 3.63) is 35.4 Å². The molecule has 2 rings (SSSR count). The van der Waals surface area contributed by atoms with Crippen LogP contribution in [0.25, 0.3) is 0 Å². The van der Waals surface area contributed by atoms with Crippen molar-refractivity contribution in [3.8, 4) is 0 Å². The Hall–Kier alpha value is -1.98. The summed E-state index contributed by atoms with van der Waals surface area (Å²) in [7, 11) is 0. The molecule has 1 aromatic carbocycles. The molecule has 1 fully saturated rings. The molecule has 2 N–H and O–H groups in total. The van der Waals surface area contributed by atoms with Crippen LogP contribution in [0.1, 0.15) is 29.9 Å². The van der Waals surface area contributed by atoms with Crippen molar-refractivity contribution in [2.75, 3.05) is 0 Å². The number of hydrogen-bond donors (Lipinski definition) is 2. The highest BCUT2D eigenvalue weighted by atomic mass is 19.3. The zero-order chi connectivity index (χ0) is 15.6. The number of nitrogens with one attached hydrogen (secondary N) is 1. The fourth-order valence-electron chi connectivity index (χ4n) is 2.51. The van der Waals surface area contributed by atoms with Crippen LogP contribution < -0.4 is 5.32 Å². The molecule has 0 aliphatic heterocycles. The maximum atomic E-state index is 12.3. The summed E-state index contributed by atoms with van der Waals surface area (Å²) in [6, 6.07) is 6.13. The molecule has 1 saturated carbocycles. The second-order valence-electron chi connectivity index (χ2n) is 5.33. The Bertz CT molecular complexity index is 547. The topological polar surface area (TPSA) is 66.4 Å². The van der Waals surface area contributed by atoms with Gasteiger partial charge in [-0.05, 0) is 30.4 Å². The van der Waals surface area contributed by atoms with Gasteiger partial charge in [-0.1, -0.05) is 24.3 Å². The van der Waals surface area contributed by atoms with Crippen molar-refractivity contribution >= 4 is 11.9 Å². The summed E-state index contributed by atoms with van der Waals surface area (Å²) < 4.78 is 24.6. The van der Waals surface area contributed by atoms with Crippen molar-refractivity contribution in [2.45, 2.75) is 38.2 Å². The molecule has 1 aromatic rings. The minimum absolute atomic E-state index is 0.0483. The second kappa shape index (κ2) is 6.20. The number of benzene rings is 1. The molecule has 3 atom stereocenters. The van der Waals surface area contributed by atoms with Gasteiger partial charge < -0.3 is 10.4 Å². The molecular weight excluding hydrogens is 280 g/mol. The first kappa shape index (κ1) is 15.4. The lowest BCUT2D eigenvalue weighted by Crippen LogP contribution is -2.42. The quantitative estimate of drug-likeness (QED) is 0.847. The Morgan fingerprint density at radius 2 is 2.05 bits per heavy atom. The van der Waals surface area contributed by atoms with Gasteiger partial charge in [0.1, 0.15) is 6.04 Å². The minimum atomic E-state index is -2.77. The van der Waals surface area contributed by atoms with E-state index in [2.05, 4.69) is 5.32 Å². The standard InChI is InChI=1S/C15H17F2NO3/c1-8-4-2-3-5-9(8)10-6-11(10)14(19)18-12(15(20)21)7-13(16)17/h2-5,10-13H,6-7H2,1H3,(H,18,19)(H,20,21). The first-order valence-corrected chi connectivity index (χ1v) is 6.77. The number of hydrogen-bond acceptors (Lipinski definition) is 2. The zero-order valence-corrected chi connectivity index (χ0v) is 11.6. The third-order valence-corrected chi connectivity index (χ3v) is 3.74. The van der Waals surface area contributed by atoms with Gasteiger partial charge >= 0.3 is 5.97 Å². The normalized spacial score (nSPS) is 21.9. The highest BCUT2D eigenvalue weighted by Gasteiger charge is 2.45. The number of amides is 1. The van der Waals surface area contributed by atoms with Crippen LogP contribution in [0.15, 0.2) is 24.3 Å². The van der Waals surface area contributed by atoms with Crippen LogP contribution in [0, 0.1) is 12.8 Å². The number of carboxylic acids is 1. The molecule has 114 valence electrons. The average molecular weight is 297 g/mol. The lowest BCUT2D eigenvalue weighted by Gasteiger charge is -2.14. The molecule has 21 heavy (non-hydrogen) atoms. The fourth-order valence-corrected chi connectivity index (χ4v) is 2.51. The molecule has 3 unspecified atom stereocenters. The lowest BCUT2D eigenvalue weighted by molar-refractivity contribution is -0.143. The van der Waals surface area contributed by atoms with Crippen LogP contribution >= 0.6 is 0 Å². The van der Waals surface area contributed by atoms with E-state index in [1.807, 2.05) is 31.2 Å². The van der Waals surface area contributed by atoms with Crippen molar-refractivity contribution in [2.24, 2.45) is 5.92 Å². The third kappa shape index (κ3) is 3.77. The zero-order valence-electron chi connectivity index (χ0n) is 11.6. The van der Waals surface area contributed by atoms with Gasteiger partial charge in [-0.15, -0.1) is 0 Å². The van der Waals surface area contributed by atoms with E-state index in [1.165, 1.54) is 0 Å². The van der Waals surface area contributed by atoms with Crippen LogP contribution in [0.3, 0.4) is 0 Å². The van der Waals surface area contributed by atoms with Crippen LogP contribution in [0.4, 0.5) is 8.78 Å². The predicted octanol–water partition coefficient (Wildman–Crippen LogP) is 2.32. The third-order valence-electron chi connectivity index (χ3n) is 3.74. The molecule has 0 bridgehead atoms. The number of carbonyl (C=O) groups excluding carboxylic acids is 1. The molecule has 1 aliphatic rings. The van der Waals surface area contributed by atoms with E-state index in [-0.39, 0.29) is 11.8 Å². The van der Waals surface area contributed by atoms with Gasteiger partial charge in [0.25, 0.3) is 0 Å². The summed E-state index contributed by atoms with van der Waals surface area (Å²) in [5.41, 5.74) is 2.12. The van der Waals surface area contributed by atoms with E-state index in [1.54, 1.807) is 0 Å². The number of carbonyl (C=O) groups is 2. The van der Waals surface area contributed by atoms with E-state index in [0.717, 1.165) is 11.1 Å². The smallest absolute Gasteiger partial charge is 0.326 e. The molecule has 0 saturated heterocycles. The van der Waals surface area contributed by atoms with Gasteiger partial charge in [0.05, 0.1) is 0 Å². The van der Waals surface area contributed by atoms with E-state index in [0.29, 0.717) is 6.42 Å². The van der Waals surface area contributed by atoms with Crippen LogP contribution in [0.5, 0.6) is 0 Å². The molecule has 0 spiro atoms. The van der Waals surface area contributed by atoms with Gasteiger partial charge in [-0.3, -0.25) is 4.79 Å². The Kier molecular flexibility index (Phi) is 4.55. The maximum Gasteiger partial charge on any atom is 0.326 e. The largest absolute Gasteiger partial charge is 0.480 e. The molecule has 0 aromatic heterocycles. The van der Waals surface area contributed by atoms with Crippen LogP contribution in [0.2, 0.25) is 0 Å². The predicted molar refractivity (Wildman–Crippen MR) is 72.2 cm³/mol. The Labute approximate surface area is 121 Å². The Morgan fingerprint density at radius 3 is 2.62 bits per heavy atom. The summed E-state index contributed by atoms with van der Waals surface area (Å²) in [4.78, 5) is 22.8. The van der Waals surface area contributed by atoms with E-state index in [4.69, 9.17) is 5.11 Å². The summed E-state index contributed by atoms with van der Waals surface area (Å²) in [6.07, 6.45) is -3.02. The first-order valence-electron chi connectivity index (χ1n) is 6.77. The summed E-state index contributed by atoms with van der Waals surface area (Å²) >= 11 is 0. The molecular formula is C15H17F2NO3. The number of alkyl halides is 2. The summed E-state index contributed by atoms with van der Waals surface area (Å²) in [5.74, 6) is -2.18. The van der Waals surface area contributed by atoms with Crippen LogP contribution in [-0.2, 0) is 9.59 Å². The first-order chi connectivity index (χ1) is 9.90. The number of halogens is 2. The number of aliphatic carboxylic acids is 1. The monoisotopic (exact) mass is 297 g/mol. The average Bonchev–Trinajstić information content (AvgIpc) is 3.18.